The molecule has 0 aromatic heterocycles. The number of nitrogens with one attached hydrogen (secondary N) is 1. The zero-order valence-electron chi connectivity index (χ0n) is 26.5. The van der Waals surface area contributed by atoms with Crippen molar-refractivity contribution in [1.29, 1.82) is 0 Å². The molecule has 0 aliphatic heterocycles. The number of hydrogen-bond donors (Lipinski definition) is 2. The molecular formula is C32H57NO9. The van der Waals surface area contributed by atoms with Crippen LogP contribution in [0.4, 0.5) is 0 Å². The lowest BCUT2D eigenvalue weighted by Crippen LogP contribution is -2.59. The predicted octanol–water partition coefficient (Wildman–Crippen LogP) is 6.42. The molecule has 1 amide bonds. The van der Waals surface area contributed by atoms with Crippen molar-refractivity contribution in [2.75, 3.05) is 19.8 Å². The van der Waals surface area contributed by atoms with Crippen LogP contribution in [-0.2, 0) is 38.2 Å². The Labute approximate surface area is 253 Å². The molecule has 0 atom stereocenters. The summed E-state index contributed by atoms with van der Waals surface area (Å²) >= 11 is 0. The first-order valence-electron chi connectivity index (χ1n) is 16.2. The predicted molar refractivity (Wildman–Crippen MR) is 161 cm³/mol. The second kappa shape index (κ2) is 26.0. The fraction of sp³-hybridized carbons (Fsp3) is 0.844. The van der Waals surface area contributed by atoms with Gasteiger partial charge in [-0.15, -0.1) is 0 Å². The second-order valence-corrected chi connectivity index (χ2v) is 11.2. The first-order valence-corrected chi connectivity index (χ1v) is 16.2. The molecule has 0 unspecified atom stereocenters. The number of unbranched alkanes of at least 4 members (excludes halogenated alkanes) is 12. The van der Waals surface area contributed by atoms with Crippen molar-refractivity contribution < 1.29 is 43.3 Å². The van der Waals surface area contributed by atoms with Crippen molar-refractivity contribution in [3.8, 4) is 0 Å². The molecule has 2 N–H and O–H groups in total. The number of aliphatic carboxylic acids is 1. The Kier molecular flexibility index (Phi) is 24.4. The smallest absolute Gasteiger partial charge is 0.305 e. The second-order valence-electron chi connectivity index (χ2n) is 11.2. The van der Waals surface area contributed by atoms with Crippen molar-refractivity contribution in [3.05, 3.63) is 0 Å². The van der Waals surface area contributed by atoms with E-state index in [9.17, 15) is 24.0 Å². The average Bonchev–Trinajstić information content (AvgIpc) is 2.96. The van der Waals surface area contributed by atoms with Crippen LogP contribution in [0.3, 0.4) is 0 Å². The highest BCUT2D eigenvalue weighted by molar-refractivity contribution is 5.81. The molecule has 10 nitrogen and oxygen atoms in total. The van der Waals surface area contributed by atoms with Gasteiger partial charge in [-0.25, -0.2) is 0 Å². The Morgan fingerprint density at radius 3 is 1.14 bits per heavy atom. The average molecular weight is 600 g/mol. The van der Waals surface area contributed by atoms with E-state index in [-0.39, 0.29) is 45.5 Å². The number of carboxylic acid groups (broad SMARTS) is 1. The molecule has 0 rings (SSSR count). The molecule has 244 valence electrons. The lowest BCUT2D eigenvalue weighted by atomic mass is 10.0. The Bertz CT molecular complexity index is 695. The van der Waals surface area contributed by atoms with Crippen molar-refractivity contribution in [2.24, 2.45) is 0 Å². The molecule has 0 aromatic rings. The Morgan fingerprint density at radius 1 is 0.500 bits per heavy atom. The molecule has 0 aliphatic carbocycles. The fourth-order valence-corrected chi connectivity index (χ4v) is 4.30. The highest BCUT2D eigenvalue weighted by atomic mass is 16.6. The largest absolute Gasteiger partial charge is 0.481 e. The van der Waals surface area contributed by atoms with E-state index >= 15 is 0 Å². The SMILES string of the molecule is CCCCCCCC(=O)OCC(COC(=O)CCCCCCC)(COC(=O)CCCCCCC)NC(=O)CCC(=O)O. The minimum atomic E-state index is -1.54. The number of esters is 3. The first kappa shape index (κ1) is 39.4. The normalized spacial score (nSPS) is 11.1. The molecular weight excluding hydrogens is 542 g/mol. The molecule has 0 saturated carbocycles. The van der Waals surface area contributed by atoms with E-state index in [1.807, 2.05) is 0 Å². The topological polar surface area (TPSA) is 145 Å². The van der Waals surface area contributed by atoms with Crippen LogP contribution in [0.2, 0.25) is 0 Å². The van der Waals surface area contributed by atoms with Gasteiger partial charge in [0.2, 0.25) is 5.91 Å². The highest BCUT2D eigenvalue weighted by Crippen LogP contribution is 2.15. The number of rotatable bonds is 28. The summed E-state index contributed by atoms with van der Waals surface area (Å²) < 4.78 is 16.5. The van der Waals surface area contributed by atoms with Gasteiger partial charge in [0.25, 0.3) is 0 Å². The number of ether oxygens (including phenoxy) is 3. The van der Waals surface area contributed by atoms with Gasteiger partial charge in [0, 0.05) is 25.7 Å². The first-order chi connectivity index (χ1) is 20.2. The third-order valence-electron chi connectivity index (χ3n) is 6.95. The van der Waals surface area contributed by atoms with E-state index < -0.39 is 41.7 Å². The highest BCUT2D eigenvalue weighted by Gasteiger charge is 2.37. The lowest BCUT2D eigenvalue weighted by Gasteiger charge is -2.33. The number of carbonyl (C=O) groups excluding carboxylic acids is 4. The van der Waals surface area contributed by atoms with Crippen LogP contribution >= 0.6 is 0 Å². The number of carboxylic acids is 1. The van der Waals surface area contributed by atoms with E-state index in [0.717, 1.165) is 77.0 Å². The van der Waals surface area contributed by atoms with E-state index in [0.29, 0.717) is 19.3 Å². The molecule has 0 fully saturated rings. The third kappa shape index (κ3) is 23.0. The van der Waals surface area contributed by atoms with Gasteiger partial charge in [0.15, 0.2) is 0 Å². The number of hydrogen-bond acceptors (Lipinski definition) is 8. The van der Waals surface area contributed by atoms with E-state index in [4.69, 9.17) is 19.3 Å². The molecule has 0 aromatic carbocycles. The van der Waals surface area contributed by atoms with Crippen LogP contribution < -0.4 is 5.32 Å². The van der Waals surface area contributed by atoms with Gasteiger partial charge in [-0.3, -0.25) is 24.0 Å². The van der Waals surface area contributed by atoms with Gasteiger partial charge in [0.05, 0.1) is 6.42 Å². The van der Waals surface area contributed by atoms with E-state index in [2.05, 4.69) is 26.1 Å². The molecule has 0 aliphatic rings. The maximum atomic E-state index is 12.7. The molecule has 42 heavy (non-hydrogen) atoms. The van der Waals surface area contributed by atoms with Crippen LogP contribution in [0.1, 0.15) is 149 Å². The monoisotopic (exact) mass is 599 g/mol. The summed E-state index contributed by atoms with van der Waals surface area (Å²) in [5.74, 6) is -3.20. The number of amides is 1. The standard InChI is InChI=1S/C32H57NO9/c1-4-7-10-13-16-19-29(37)40-24-32(33-27(34)22-23-28(35)36,25-41-30(38)20-17-14-11-8-5-2)26-42-31(39)21-18-15-12-9-6-3/h4-26H2,1-3H3,(H,33,34)(H,35,36). The minimum Gasteiger partial charge on any atom is -0.481 e. The van der Waals surface area contributed by atoms with Gasteiger partial charge in [-0.2, -0.15) is 0 Å². The Morgan fingerprint density at radius 2 is 0.833 bits per heavy atom. The van der Waals surface area contributed by atoms with Gasteiger partial charge in [-0.1, -0.05) is 97.8 Å². The van der Waals surface area contributed by atoms with Gasteiger partial charge < -0.3 is 24.6 Å². The summed E-state index contributed by atoms with van der Waals surface area (Å²) in [5.41, 5.74) is -1.54. The summed E-state index contributed by atoms with van der Waals surface area (Å²) in [4.78, 5) is 61.3. The molecule has 10 heteroatoms. The summed E-state index contributed by atoms with van der Waals surface area (Å²) in [6.07, 6.45) is 14.1. The van der Waals surface area contributed by atoms with E-state index in [1.54, 1.807) is 0 Å². The van der Waals surface area contributed by atoms with Crippen molar-refractivity contribution in [3.63, 3.8) is 0 Å². The van der Waals surface area contributed by atoms with Crippen LogP contribution in [0.15, 0.2) is 0 Å². The Hall–Kier alpha value is -2.65. The summed E-state index contributed by atoms with van der Waals surface area (Å²) in [7, 11) is 0. The molecule has 0 heterocycles. The minimum absolute atomic E-state index is 0.196. The van der Waals surface area contributed by atoms with Crippen molar-refractivity contribution in [1.82, 2.24) is 5.32 Å². The van der Waals surface area contributed by atoms with Crippen molar-refractivity contribution in [2.45, 2.75) is 155 Å². The zero-order valence-corrected chi connectivity index (χ0v) is 26.5. The summed E-state index contributed by atoms with van der Waals surface area (Å²) in [6.45, 7) is 5.18. The molecule has 0 radical (unpaired) electrons. The molecule has 0 saturated heterocycles. The van der Waals surface area contributed by atoms with Gasteiger partial charge >= 0.3 is 23.9 Å². The quantitative estimate of drug-likeness (QED) is 0.0591. The molecule has 0 bridgehead atoms. The number of carbonyl (C=O) groups is 5. The van der Waals surface area contributed by atoms with Crippen LogP contribution in [0, 0.1) is 0 Å². The Balaban J connectivity index is 5.48. The maximum absolute atomic E-state index is 12.7. The zero-order chi connectivity index (χ0) is 31.5. The summed E-state index contributed by atoms with van der Waals surface area (Å²) in [5, 5.41) is 11.7. The lowest BCUT2D eigenvalue weighted by molar-refractivity contribution is -0.159. The van der Waals surface area contributed by atoms with Gasteiger partial charge in [0.1, 0.15) is 25.4 Å². The maximum Gasteiger partial charge on any atom is 0.305 e. The van der Waals surface area contributed by atoms with E-state index in [1.165, 1.54) is 0 Å². The third-order valence-corrected chi connectivity index (χ3v) is 6.95. The van der Waals surface area contributed by atoms with Crippen LogP contribution in [-0.4, -0.2) is 60.3 Å². The van der Waals surface area contributed by atoms with Gasteiger partial charge in [-0.05, 0) is 19.3 Å². The van der Waals surface area contributed by atoms with Crippen LogP contribution in [0.5, 0.6) is 0 Å². The fourth-order valence-electron chi connectivity index (χ4n) is 4.30. The van der Waals surface area contributed by atoms with Crippen molar-refractivity contribution >= 4 is 29.8 Å². The molecule has 0 spiro atoms. The summed E-state index contributed by atoms with van der Waals surface area (Å²) in [6, 6.07) is 0. The van der Waals surface area contributed by atoms with Crippen LogP contribution in [0.25, 0.3) is 0 Å².